The van der Waals surface area contributed by atoms with Gasteiger partial charge in [0.05, 0.1) is 12.5 Å². The molecule has 2 heteroatoms. The molecular weight excluding hydrogens is 150 g/mol. The minimum atomic E-state index is 0.101. The molecule has 0 aromatic carbocycles. The lowest BCUT2D eigenvalue weighted by Gasteiger charge is -2.21. The molecule has 0 aliphatic heterocycles. The molecule has 0 bridgehead atoms. The molecule has 1 rings (SSSR count). The largest absolute Gasteiger partial charge is 0.472 e. The molecule has 0 aliphatic rings. The number of hydrogen-bond acceptors (Lipinski definition) is 2. The van der Waals surface area contributed by atoms with Gasteiger partial charge in [0, 0.05) is 11.6 Å². The van der Waals surface area contributed by atoms with Crippen LogP contribution in [0.5, 0.6) is 0 Å². The first-order valence-electron chi connectivity index (χ1n) is 4.40. The highest BCUT2D eigenvalue weighted by atomic mass is 16.3. The maximum Gasteiger partial charge on any atom is 0.0950 e. The lowest BCUT2D eigenvalue weighted by Crippen LogP contribution is -2.22. The zero-order chi connectivity index (χ0) is 9.14. The summed E-state index contributed by atoms with van der Waals surface area (Å²) < 4.78 is 4.99. The molecule has 2 N–H and O–H groups in total. The smallest absolute Gasteiger partial charge is 0.0950 e. The summed E-state index contributed by atoms with van der Waals surface area (Å²) in [6.07, 6.45) is 3.39. The molecule has 12 heavy (non-hydrogen) atoms. The predicted octanol–water partition coefficient (Wildman–Crippen LogP) is 2.57. The van der Waals surface area contributed by atoms with Crippen molar-refractivity contribution in [2.45, 2.75) is 26.8 Å². The number of hydrogen-bond donors (Lipinski definition) is 1. The normalized spacial score (nSPS) is 16.4. The Kier molecular flexibility index (Phi) is 2.93. The van der Waals surface area contributed by atoms with Gasteiger partial charge in [-0.3, -0.25) is 0 Å². The van der Waals surface area contributed by atoms with Gasteiger partial charge in [-0.15, -0.1) is 0 Å². The lowest BCUT2D eigenvalue weighted by molar-refractivity contribution is 0.350. The third-order valence-electron chi connectivity index (χ3n) is 2.55. The molecule has 0 fully saturated rings. The van der Waals surface area contributed by atoms with E-state index in [0.29, 0.717) is 11.8 Å². The van der Waals surface area contributed by atoms with E-state index in [4.69, 9.17) is 10.2 Å². The Morgan fingerprint density at radius 2 is 2.00 bits per heavy atom. The number of rotatable bonds is 3. The third-order valence-corrected chi connectivity index (χ3v) is 2.55. The molecule has 0 aliphatic carbocycles. The van der Waals surface area contributed by atoms with Crippen LogP contribution < -0.4 is 5.73 Å². The van der Waals surface area contributed by atoms with Gasteiger partial charge in [-0.05, 0) is 17.9 Å². The Labute approximate surface area is 73.8 Å². The molecule has 0 radical (unpaired) electrons. The van der Waals surface area contributed by atoms with Crippen LogP contribution in [0.4, 0.5) is 0 Å². The van der Waals surface area contributed by atoms with E-state index in [1.165, 1.54) is 0 Å². The second-order valence-electron chi connectivity index (χ2n) is 3.69. The minimum Gasteiger partial charge on any atom is -0.472 e. The first kappa shape index (κ1) is 9.33. The highest BCUT2D eigenvalue weighted by Gasteiger charge is 2.18. The summed E-state index contributed by atoms with van der Waals surface area (Å²) in [6.45, 7) is 6.54. The fourth-order valence-electron chi connectivity index (χ4n) is 1.18. The zero-order valence-electron chi connectivity index (χ0n) is 7.95. The van der Waals surface area contributed by atoms with Gasteiger partial charge in [-0.2, -0.15) is 0 Å². The van der Waals surface area contributed by atoms with Crippen molar-refractivity contribution in [1.82, 2.24) is 0 Å². The molecule has 2 nitrogen and oxygen atoms in total. The summed E-state index contributed by atoms with van der Waals surface area (Å²) in [5, 5.41) is 0. The van der Waals surface area contributed by atoms with Crippen molar-refractivity contribution in [1.29, 1.82) is 0 Å². The van der Waals surface area contributed by atoms with Crippen LogP contribution in [0.25, 0.3) is 0 Å². The number of furan rings is 1. The van der Waals surface area contributed by atoms with Crippen LogP contribution in [0.2, 0.25) is 0 Å². The fourth-order valence-corrected chi connectivity index (χ4v) is 1.18. The van der Waals surface area contributed by atoms with Crippen LogP contribution in [0.1, 0.15) is 32.4 Å². The molecule has 2 unspecified atom stereocenters. The van der Waals surface area contributed by atoms with Crippen LogP contribution in [0, 0.1) is 11.8 Å². The van der Waals surface area contributed by atoms with Gasteiger partial charge in [0.1, 0.15) is 0 Å². The van der Waals surface area contributed by atoms with Gasteiger partial charge < -0.3 is 10.2 Å². The van der Waals surface area contributed by atoms with Crippen molar-refractivity contribution in [3.63, 3.8) is 0 Å². The van der Waals surface area contributed by atoms with Crippen LogP contribution >= 0.6 is 0 Å². The highest BCUT2D eigenvalue weighted by molar-refractivity contribution is 5.11. The topological polar surface area (TPSA) is 39.2 Å². The maximum absolute atomic E-state index is 6.02. The summed E-state index contributed by atoms with van der Waals surface area (Å²) in [5.41, 5.74) is 7.12. The van der Waals surface area contributed by atoms with E-state index in [1.807, 2.05) is 6.07 Å². The minimum absolute atomic E-state index is 0.101. The molecule has 68 valence electrons. The summed E-state index contributed by atoms with van der Waals surface area (Å²) >= 11 is 0. The first-order chi connectivity index (χ1) is 5.63. The molecule has 0 spiro atoms. The Morgan fingerprint density at radius 1 is 1.33 bits per heavy atom. The Bertz CT molecular complexity index is 216. The van der Waals surface area contributed by atoms with Crippen LogP contribution in [-0.2, 0) is 0 Å². The van der Waals surface area contributed by atoms with Crippen LogP contribution in [-0.4, -0.2) is 0 Å². The fraction of sp³-hybridized carbons (Fsp3) is 0.600. The molecule has 1 aromatic heterocycles. The molecule has 2 atom stereocenters. The van der Waals surface area contributed by atoms with E-state index in [2.05, 4.69) is 20.8 Å². The van der Waals surface area contributed by atoms with Gasteiger partial charge in [0.25, 0.3) is 0 Å². The van der Waals surface area contributed by atoms with Crippen molar-refractivity contribution in [3.05, 3.63) is 24.2 Å². The average molecular weight is 167 g/mol. The second-order valence-corrected chi connectivity index (χ2v) is 3.69. The summed E-state index contributed by atoms with van der Waals surface area (Å²) in [7, 11) is 0. The average Bonchev–Trinajstić information content (AvgIpc) is 2.53. The van der Waals surface area contributed by atoms with Gasteiger partial charge in [-0.1, -0.05) is 20.8 Å². The Hall–Kier alpha value is -0.760. The van der Waals surface area contributed by atoms with Crippen molar-refractivity contribution in [2.24, 2.45) is 17.6 Å². The lowest BCUT2D eigenvalue weighted by atomic mass is 9.88. The SMILES string of the molecule is CC(C)C(C)C(N)c1ccoc1. The molecular formula is C10H17NO. The predicted molar refractivity (Wildman–Crippen MR) is 49.6 cm³/mol. The molecule has 0 amide bonds. The van der Waals surface area contributed by atoms with Crippen molar-refractivity contribution in [3.8, 4) is 0 Å². The van der Waals surface area contributed by atoms with E-state index < -0.39 is 0 Å². The monoisotopic (exact) mass is 167 g/mol. The zero-order valence-corrected chi connectivity index (χ0v) is 7.95. The van der Waals surface area contributed by atoms with E-state index in [0.717, 1.165) is 5.56 Å². The summed E-state index contributed by atoms with van der Waals surface area (Å²) in [4.78, 5) is 0. The van der Waals surface area contributed by atoms with Crippen molar-refractivity contribution in [2.75, 3.05) is 0 Å². The molecule has 0 saturated carbocycles. The molecule has 1 heterocycles. The van der Waals surface area contributed by atoms with Crippen molar-refractivity contribution < 1.29 is 4.42 Å². The van der Waals surface area contributed by atoms with Gasteiger partial charge in [0.2, 0.25) is 0 Å². The van der Waals surface area contributed by atoms with E-state index in [9.17, 15) is 0 Å². The van der Waals surface area contributed by atoms with E-state index >= 15 is 0 Å². The molecule has 1 aromatic rings. The summed E-state index contributed by atoms with van der Waals surface area (Å²) in [5.74, 6) is 1.09. The van der Waals surface area contributed by atoms with Crippen molar-refractivity contribution >= 4 is 0 Å². The number of nitrogens with two attached hydrogens (primary N) is 1. The Morgan fingerprint density at radius 3 is 2.42 bits per heavy atom. The molecule has 0 saturated heterocycles. The highest BCUT2D eigenvalue weighted by Crippen LogP contribution is 2.25. The van der Waals surface area contributed by atoms with Gasteiger partial charge in [0.15, 0.2) is 0 Å². The van der Waals surface area contributed by atoms with Gasteiger partial charge in [-0.25, -0.2) is 0 Å². The standard InChI is InChI=1S/C10H17NO/c1-7(2)8(3)10(11)9-4-5-12-6-9/h4-8,10H,11H2,1-3H3. The van der Waals surface area contributed by atoms with Crippen LogP contribution in [0.3, 0.4) is 0 Å². The second kappa shape index (κ2) is 3.76. The van der Waals surface area contributed by atoms with Gasteiger partial charge >= 0.3 is 0 Å². The summed E-state index contributed by atoms with van der Waals surface area (Å²) in [6, 6.07) is 2.03. The Balaban J connectivity index is 2.65. The van der Waals surface area contributed by atoms with E-state index in [-0.39, 0.29) is 6.04 Å². The maximum atomic E-state index is 6.02. The quantitative estimate of drug-likeness (QED) is 0.751. The van der Waals surface area contributed by atoms with E-state index in [1.54, 1.807) is 12.5 Å². The van der Waals surface area contributed by atoms with Crippen LogP contribution in [0.15, 0.2) is 23.0 Å². The third kappa shape index (κ3) is 1.89. The first-order valence-corrected chi connectivity index (χ1v) is 4.40.